The minimum atomic E-state index is -4.46. The molecule has 2 aromatic rings. The molecule has 0 aliphatic rings. The standard InChI is InChI=1S/C14H10F3N/c1-2-12-13(14(15,16)17)11(8-9-18-12)10-6-4-3-5-7-10/h2-9H,1H2. The van der Waals surface area contributed by atoms with E-state index in [4.69, 9.17) is 0 Å². The van der Waals surface area contributed by atoms with Gasteiger partial charge >= 0.3 is 6.18 Å². The molecule has 4 heteroatoms. The number of hydrogen-bond acceptors (Lipinski definition) is 1. The van der Waals surface area contributed by atoms with Gasteiger partial charge < -0.3 is 0 Å². The van der Waals surface area contributed by atoms with E-state index >= 15 is 0 Å². The van der Waals surface area contributed by atoms with Crippen molar-refractivity contribution in [1.82, 2.24) is 4.98 Å². The van der Waals surface area contributed by atoms with Crippen LogP contribution in [0.25, 0.3) is 17.2 Å². The third kappa shape index (κ3) is 2.27. The van der Waals surface area contributed by atoms with Gasteiger partial charge in [-0.3, -0.25) is 4.98 Å². The summed E-state index contributed by atoms with van der Waals surface area (Å²) in [7, 11) is 0. The molecule has 0 amide bonds. The van der Waals surface area contributed by atoms with E-state index in [1.54, 1.807) is 30.3 Å². The predicted molar refractivity (Wildman–Crippen MR) is 64.8 cm³/mol. The largest absolute Gasteiger partial charge is 0.419 e. The first-order valence-corrected chi connectivity index (χ1v) is 5.28. The second-order valence-electron chi connectivity index (χ2n) is 3.69. The fourth-order valence-electron chi connectivity index (χ4n) is 1.79. The van der Waals surface area contributed by atoms with E-state index in [0.29, 0.717) is 5.56 Å². The molecule has 1 aromatic heterocycles. The zero-order chi connectivity index (χ0) is 13.2. The van der Waals surface area contributed by atoms with E-state index in [0.717, 1.165) is 6.08 Å². The Morgan fingerprint density at radius 2 is 1.72 bits per heavy atom. The van der Waals surface area contributed by atoms with Crippen LogP contribution in [-0.4, -0.2) is 4.98 Å². The van der Waals surface area contributed by atoms with Gasteiger partial charge in [-0.05, 0) is 23.3 Å². The molecule has 0 N–H and O–H groups in total. The molecule has 18 heavy (non-hydrogen) atoms. The first kappa shape index (κ1) is 12.4. The highest BCUT2D eigenvalue weighted by molar-refractivity contribution is 5.71. The average molecular weight is 249 g/mol. The summed E-state index contributed by atoms with van der Waals surface area (Å²) in [5, 5.41) is 0. The van der Waals surface area contributed by atoms with Gasteiger partial charge in [0.2, 0.25) is 0 Å². The van der Waals surface area contributed by atoms with E-state index in [9.17, 15) is 13.2 Å². The molecule has 0 fully saturated rings. The maximum atomic E-state index is 13.1. The van der Waals surface area contributed by atoms with Crippen LogP contribution >= 0.6 is 0 Å². The van der Waals surface area contributed by atoms with Gasteiger partial charge in [0.15, 0.2) is 0 Å². The molecule has 1 nitrogen and oxygen atoms in total. The van der Waals surface area contributed by atoms with Crippen LogP contribution in [0.2, 0.25) is 0 Å². The number of rotatable bonds is 2. The molecule has 1 heterocycles. The molecule has 0 saturated carbocycles. The highest BCUT2D eigenvalue weighted by Gasteiger charge is 2.36. The van der Waals surface area contributed by atoms with Crippen molar-refractivity contribution in [2.24, 2.45) is 0 Å². The molecule has 0 saturated heterocycles. The van der Waals surface area contributed by atoms with Crippen LogP contribution < -0.4 is 0 Å². The summed E-state index contributed by atoms with van der Waals surface area (Å²) < 4.78 is 39.3. The van der Waals surface area contributed by atoms with Gasteiger partial charge in [0.05, 0.1) is 11.3 Å². The zero-order valence-corrected chi connectivity index (χ0v) is 9.41. The maximum absolute atomic E-state index is 13.1. The van der Waals surface area contributed by atoms with Crippen molar-refractivity contribution < 1.29 is 13.2 Å². The number of aromatic nitrogens is 1. The second kappa shape index (κ2) is 4.64. The smallest absolute Gasteiger partial charge is 0.256 e. The van der Waals surface area contributed by atoms with Crippen LogP contribution in [0.15, 0.2) is 49.2 Å². The Morgan fingerprint density at radius 1 is 1.06 bits per heavy atom. The lowest BCUT2D eigenvalue weighted by Gasteiger charge is -2.15. The number of halogens is 3. The molecule has 1 aromatic carbocycles. The SMILES string of the molecule is C=Cc1nccc(-c2ccccc2)c1C(F)(F)F. The van der Waals surface area contributed by atoms with E-state index in [2.05, 4.69) is 11.6 Å². The van der Waals surface area contributed by atoms with Crippen molar-refractivity contribution in [2.75, 3.05) is 0 Å². The van der Waals surface area contributed by atoms with E-state index in [-0.39, 0.29) is 11.3 Å². The first-order valence-electron chi connectivity index (χ1n) is 5.28. The third-order valence-electron chi connectivity index (χ3n) is 2.54. The normalized spacial score (nSPS) is 11.3. The number of pyridine rings is 1. The molecule has 0 spiro atoms. The van der Waals surface area contributed by atoms with Crippen molar-refractivity contribution >= 4 is 6.08 Å². The molecular weight excluding hydrogens is 239 g/mol. The summed E-state index contributed by atoms with van der Waals surface area (Å²) >= 11 is 0. The van der Waals surface area contributed by atoms with Gasteiger partial charge in [-0.1, -0.05) is 36.9 Å². The van der Waals surface area contributed by atoms with Crippen LogP contribution in [-0.2, 0) is 6.18 Å². The first-order chi connectivity index (χ1) is 8.54. The summed E-state index contributed by atoms with van der Waals surface area (Å²) in [6.07, 6.45) is -1.98. The Labute approximate surface area is 103 Å². The molecule has 0 aliphatic carbocycles. The van der Waals surface area contributed by atoms with Crippen molar-refractivity contribution in [3.63, 3.8) is 0 Å². The molecular formula is C14H10F3N. The fraction of sp³-hybridized carbons (Fsp3) is 0.0714. The molecule has 0 unspecified atom stereocenters. The minimum absolute atomic E-state index is 0.119. The Hall–Kier alpha value is -2.10. The Balaban J connectivity index is 2.72. The number of alkyl halides is 3. The van der Waals surface area contributed by atoms with Crippen LogP contribution in [0.3, 0.4) is 0 Å². The summed E-state index contributed by atoms with van der Waals surface area (Å²) in [6, 6.07) is 9.79. The topological polar surface area (TPSA) is 12.9 Å². The second-order valence-corrected chi connectivity index (χ2v) is 3.69. The molecule has 0 bridgehead atoms. The molecule has 0 atom stereocenters. The number of nitrogens with zero attached hydrogens (tertiary/aromatic N) is 1. The lowest BCUT2D eigenvalue weighted by Crippen LogP contribution is -2.10. The molecule has 2 rings (SSSR count). The lowest BCUT2D eigenvalue weighted by atomic mass is 9.98. The Kier molecular flexibility index (Phi) is 3.19. The Morgan fingerprint density at radius 3 is 2.28 bits per heavy atom. The van der Waals surface area contributed by atoms with Crippen molar-refractivity contribution in [2.45, 2.75) is 6.18 Å². The van der Waals surface area contributed by atoms with Gasteiger partial charge in [-0.15, -0.1) is 0 Å². The van der Waals surface area contributed by atoms with E-state index in [1.165, 1.54) is 12.3 Å². The fourth-order valence-corrected chi connectivity index (χ4v) is 1.79. The van der Waals surface area contributed by atoms with Crippen LogP contribution in [0, 0.1) is 0 Å². The van der Waals surface area contributed by atoms with Gasteiger partial charge in [0, 0.05) is 6.20 Å². The van der Waals surface area contributed by atoms with Crippen LogP contribution in [0.1, 0.15) is 11.3 Å². The van der Waals surface area contributed by atoms with Gasteiger partial charge in [0.25, 0.3) is 0 Å². The molecule has 0 aliphatic heterocycles. The van der Waals surface area contributed by atoms with Gasteiger partial charge in [-0.25, -0.2) is 0 Å². The van der Waals surface area contributed by atoms with Crippen LogP contribution in [0.4, 0.5) is 13.2 Å². The van der Waals surface area contributed by atoms with Crippen LogP contribution in [0.5, 0.6) is 0 Å². The van der Waals surface area contributed by atoms with Gasteiger partial charge in [-0.2, -0.15) is 13.2 Å². The monoisotopic (exact) mass is 249 g/mol. The summed E-state index contributed by atoms with van der Waals surface area (Å²) in [5.74, 6) is 0. The van der Waals surface area contributed by atoms with Crippen molar-refractivity contribution in [3.8, 4) is 11.1 Å². The zero-order valence-electron chi connectivity index (χ0n) is 9.41. The van der Waals surface area contributed by atoms with Crippen molar-refractivity contribution in [1.29, 1.82) is 0 Å². The van der Waals surface area contributed by atoms with Crippen molar-refractivity contribution in [3.05, 3.63) is 60.4 Å². The quantitative estimate of drug-likeness (QED) is 0.768. The highest BCUT2D eigenvalue weighted by Crippen LogP contribution is 2.38. The summed E-state index contributed by atoms with van der Waals surface area (Å²) in [5.41, 5.74) is -0.265. The Bertz CT molecular complexity index is 559. The summed E-state index contributed by atoms with van der Waals surface area (Å²) in [6.45, 7) is 3.38. The number of benzene rings is 1. The molecule has 0 radical (unpaired) electrons. The predicted octanol–water partition coefficient (Wildman–Crippen LogP) is 4.41. The lowest BCUT2D eigenvalue weighted by molar-refractivity contribution is -0.137. The third-order valence-corrected chi connectivity index (χ3v) is 2.54. The minimum Gasteiger partial charge on any atom is -0.256 e. The molecule has 92 valence electrons. The summed E-state index contributed by atoms with van der Waals surface area (Å²) in [4.78, 5) is 3.71. The highest BCUT2D eigenvalue weighted by atomic mass is 19.4. The van der Waals surface area contributed by atoms with Gasteiger partial charge in [0.1, 0.15) is 0 Å². The average Bonchev–Trinajstić information content (AvgIpc) is 2.38. The number of hydrogen-bond donors (Lipinski definition) is 0. The van der Waals surface area contributed by atoms with E-state index in [1.807, 2.05) is 0 Å². The maximum Gasteiger partial charge on any atom is 0.419 e. The van der Waals surface area contributed by atoms with E-state index < -0.39 is 11.7 Å².